The van der Waals surface area contributed by atoms with Crippen molar-refractivity contribution in [2.75, 3.05) is 24.9 Å². The zero-order chi connectivity index (χ0) is 19.4. The van der Waals surface area contributed by atoms with Gasteiger partial charge in [-0.15, -0.1) is 0 Å². The molecule has 0 spiro atoms. The maximum atomic E-state index is 12.9. The van der Waals surface area contributed by atoms with Crippen molar-refractivity contribution < 1.29 is 13.2 Å². The Morgan fingerprint density at radius 1 is 1.19 bits per heavy atom. The number of carbonyl (C=O) groups excluding carboxylic acids is 1. The lowest BCUT2D eigenvalue weighted by Crippen LogP contribution is -2.40. The molecule has 3 rings (SSSR count). The van der Waals surface area contributed by atoms with Gasteiger partial charge in [0.25, 0.3) is 15.9 Å². The number of likely N-dealkylation sites (N-methyl/N-ethyl adjacent to an activating group) is 1. The van der Waals surface area contributed by atoms with Gasteiger partial charge in [-0.2, -0.15) is 0 Å². The number of hydrogen-bond donors (Lipinski definition) is 2. The SMILES string of the molecule is CNCC1CCCN1C(=O)c1cccc(S(=O)(=O)Nc2ccc(C)cc2)c1. The number of sulfonamides is 1. The van der Waals surface area contributed by atoms with E-state index >= 15 is 0 Å². The zero-order valence-corrected chi connectivity index (χ0v) is 16.4. The normalized spacial score (nSPS) is 17.1. The number of nitrogens with zero attached hydrogens (tertiary/aromatic N) is 1. The van der Waals surface area contributed by atoms with E-state index in [4.69, 9.17) is 0 Å². The second-order valence-corrected chi connectivity index (χ2v) is 8.53. The third kappa shape index (κ3) is 4.48. The minimum absolute atomic E-state index is 0.0817. The second-order valence-electron chi connectivity index (χ2n) is 6.85. The summed E-state index contributed by atoms with van der Waals surface area (Å²) in [6, 6.07) is 13.5. The summed E-state index contributed by atoms with van der Waals surface area (Å²) in [7, 11) is -1.90. The summed E-state index contributed by atoms with van der Waals surface area (Å²) in [6.45, 7) is 3.37. The van der Waals surface area contributed by atoms with Gasteiger partial charge in [-0.05, 0) is 57.1 Å². The van der Waals surface area contributed by atoms with Crippen LogP contribution in [0.5, 0.6) is 0 Å². The Balaban J connectivity index is 1.82. The third-order valence-corrected chi connectivity index (χ3v) is 6.15. The van der Waals surface area contributed by atoms with Gasteiger partial charge in [0, 0.05) is 30.4 Å². The first kappa shape index (κ1) is 19.4. The van der Waals surface area contributed by atoms with Gasteiger partial charge in [-0.1, -0.05) is 23.8 Å². The number of benzene rings is 2. The summed E-state index contributed by atoms with van der Waals surface area (Å²) in [5.41, 5.74) is 1.93. The van der Waals surface area contributed by atoms with Crippen LogP contribution in [0.4, 0.5) is 5.69 Å². The standard InChI is InChI=1S/C20H25N3O3S/c1-15-8-10-17(11-9-15)22-27(25,26)19-7-3-5-16(13-19)20(24)23-12-4-6-18(23)14-21-2/h3,5,7-11,13,18,21-22H,4,6,12,14H2,1-2H3. The molecule has 144 valence electrons. The van der Waals surface area contributed by atoms with E-state index in [2.05, 4.69) is 10.0 Å². The largest absolute Gasteiger partial charge is 0.334 e. The molecular weight excluding hydrogens is 362 g/mol. The van der Waals surface area contributed by atoms with E-state index in [1.165, 1.54) is 12.1 Å². The molecule has 0 bridgehead atoms. The first-order valence-electron chi connectivity index (χ1n) is 9.06. The molecule has 0 aliphatic carbocycles. The van der Waals surface area contributed by atoms with Crippen LogP contribution in [0.3, 0.4) is 0 Å². The van der Waals surface area contributed by atoms with Crippen LogP contribution in [0.25, 0.3) is 0 Å². The van der Waals surface area contributed by atoms with Crippen molar-refractivity contribution >= 4 is 21.6 Å². The summed E-state index contributed by atoms with van der Waals surface area (Å²) in [4.78, 5) is 14.8. The highest BCUT2D eigenvalue weighted by Gasteiger charge is 2.29. The Bertz CT molecular complexity index is 910. The van der Waals surface area contributed by atoms with E-state index in [0.29, 0.717) is 17.8 Å². The first-order valence-corrected chi connectivity index (χ1v) is 10.5. The van der Waals surface area contributed by atoms with Crippen LogP contribution in [0.1, 0.15) is 28.8 Å². The minimum Gasteiger partial charge on any atom is -0.334 e. The smallest absolute Gasteiger partial charge is 0.261 e. The van der Waals surface area contributed by atoms with E-state index in [-0.39, 0.29) is 16.8 Å². The Labute approximate surface area is 160 Å². The van der Waals surface area contributed by atoms with Crippen LogP contribution in [0.2, 0.25) is 0 Å². The fourth-order valence-electron chi connectivity index (χ4n) is 3.35. The van der Waals surface area contributed by atoms with E-state index in [0.717, 1.165) is 24.9 Å². The predicted molar refractivity (Wildman–Crippen MR) is 106 cm³/mol. The minimum atomic E-state index is -3.76. The molecule has 2 aromatic carbocycles. The van der Waals surface area contributed by atoms with Gasteiger partial charge in [0.2, 0.25) is 0 Å². The number of amides is 1. The Hall–Kier alpha value is -2.38. The van der Waals surface area contributed by atoms with E-state index in [1.54, 1.807) is 24.3 Å². The second kappa shape index (κ2) is 8.10. The molecule has 0 aromatic heterocycles. The Morgan fingerprint density at radius 2 is 1.93 bits per heavy atom. The zero-order valence-electron chi connectivity index (χ0n) is 15.6. The molecule has 1 heterocycles. The van der Waals surface area contributed by atoms with Gasteiger partial charge in [0.15, 0.2) is 0 Å². The van der Waals surface area contributed by atoms with Crippen LogP contribution < -0.4 is 10.0 Å². The maximum Gasteiger partial charge on any atom is 0.261 e. The molecule has 27 heavy (non-hydrogen) atoms. The Kier molecular flexibility index (Phi) is 5.82. The number of carbonyl (C=O) groups is 1. The molecule has 0 saturated carbocycles. The van der Waals surface area contributed by atoms with E-state index in [1.807, 2.05) is 31.0 Å². The summed E-state index contributed by atoms with van der Waals surface area (Å²) in [5.74, 6) is -0.125. The maximum absolute atomic E-state index is 12.9. The molecule has 1 saturated heterocycles. The van der Waals surface area contributed by atoms with Crippen LogP contribution in [0, 0.1) is 6.92 Å². The number of nitrogens with one attached hydrogen (secondary N) is 2. The number of hydrogen-bond acceptors (Lipinski definition) is 4. The van der Waals surface area contributed by atoms with Crippen molar-refractivity contribution in [1.82, 2.24) is 10.2 Å². The number of likely N-dealkylation sites (tertiary alicyclic amines) is 1. The number of anilines is 1. The van der Waals surface area contributed by atoms with Gasteiger partial charge >= 0.3 is 0 Å². The number of rotatable bonds is 6. The molecule has 2 N–H and O–H groups in total. The fraction of sp³-hybridized carbons (Fsp3) is 0.350. The summed E-state index contributed by atoms with van der Waals surface area (Å²) < 4.78 is 28.0. The molecule has 1 fully saturated rings. The lowest BCUT2D eigenvalue weighted by Gasteiger charge is -2.24. The molecule has 1 aliphatic heterocycles. The van der Waals surface area contributed by atoms with E-state index < -0.39 is 10.0 Å². The van der Waals surface area contributed by atoms with Crippen LogP contribution >= 0.6 is 0 Å². The molecular formula is C20H25N3O3S. The van der Waals surface area contributed by atoms with Crippen molar-refractivity contribution in [3.05, 3.63) is 59.7 Å². The molecule has 1 amide bonds. The van der Waals surface area contributed by atoms with Crippen LogP contribution in [-0.4, -0.2) is 45.4 Å². The summed E-state index contributed by atoms with van der Waals surface area (Å²) in [5, 5.41) is 3.11. The average Bonchev–Trinajstić information content (AvgIpc) is 3.11. The van der Waals surface area contributed by atoms with Crippen LogP contribution in [-0.2, 0) is 10.0 Å². The van der Waals surface area contributed by atoms with Crippen LogP contribution in [0.15, 0.2) is 53.4 Å². The quantitative estimate of drug-likeness (QED) is 0.799. The topological polar surface area (TPSA) is 78.5 Å². The van der Waals surface area contributed by atoms with Gasteiger partial charge < -0.3 is 10.2 Å². The highest BCUT2D eigenvalue weighted by molar-refractivity contribution is 7.92. The fourth-order valence-corrected chi connectivity index (χ4v) is 4.45. The number of aryl methyl sites for hydroxylation is 1. The van der Waals surface area contributed by atoms with Crippen molar-refractivity contribution in [3.63, 3.8) is 0 Å². The monoisotopic (exact) mass is 387 g/mol. The van der Waals surface area contributed by atoms with Gasteiger partial charge in [0.1, 0.15) is 0 Å². The highest BCUT2D eigenvalue weighted by Crippen LogP contribution is 2.22. The molecule has 1 atom stereocenters. The third-order valence-electron chi connectivity index (χ3n) is 4.77. The first-order chi connectivity index (χ1) is 12.9. The Morgan fingerprint density at radius 3 is 2.63 bits per heavy atom. The average molecular weight is 388 g/mol. The molecule has 7 heteroatoms. The van der Waals surface area contributed by atoms with Crippen molar-refractivity contribution in [2.45, 2.75) is 30.7 Å². The van der Waals surface area contributed by atoms with E-state index in [9.17, 15) is 13.2 Å². The van der Waals surface area contributed by atoms with Crippen molar-refractivity contribution in [1.29, 1.82) is 0 Å². The van der Waals surface area contributed by atoms with Gasteiger partial charge in [-0.3, -0.25) is 9.52 Å². The van der Waals surface area contributed by atoms with Gasteiger partial charge in [0.05, 0.1) is 4.90 Å². The lowest BCUT2D eigenvalue weighted by molar-refractivity contribution is 0.0737. The molecule has 2 aromatic rings. The lowest BCUT2D eigenvalue weighted by atomic mass is 10.1. The van der Waals surface area contributed by atoms with Gasteiger partial charge in [-0.25, -0.2) is 8.42 Å². The van der Waals surface area contributed by atoms with Crippen molar-refractivity contribution in [3.8, 4) is 0 Å². The molecule has 1 aliphatic rings. The highest BCUT2D eigenvalue weighted by atomic mass is 32.2. The summed E-state index contributed by atoms with van der Waals surface area (Å²) >= 11 is 0. The summed E-state index contributed by atoms with van der Waals surface area (Å²) in [6.07, 6.45) is 1.92. The molecule has 6 nitrogen and oxygen atoms in total. The molecule has 1 unspecified atom stereocenters. The molecule has 0 radical (unpaired) electrons. The predicted octanol–water partition coefficient (Wildman–Crippen LogP) is 2.62. The van der Waals surface area contributed by atoms with Crippen molar-refractivity contribution in [2.24, 2.45) is 0 Å².